The van der Waals surface area contributed by atoms with Gasteiger partial charge in [0.15, 0.2) is 0 Å². The molecule has 0 fully saturated rings. The van der Waals surface area contributed by atoms with E-state index in [1.165, 1.54) is 18.2 Å². The van der Waals surface area contributed by atoms with Crippen molar-refractivity contribution in [3.63, 3.8) is 0 Å². The molecule has 0 aromatic heterocycles. The first-order valence-corrected chi connectivity index (χ1v) is 5.87. The fraction of sp³-hybridized carbons (Fsp3) is 0.0714. The third-order valence-electron chi connectivity index (χ3n) is 2.71. The van der Waals surface area contributed by atoms with Crippen molar-refractivity contribution in [3.8, 4) is 0 Å². The van der Waals surface area contributed by atoms with E-state index >= 15 is 0 Å². The van der Waals surface area contributed by atoms with Crippen LogP contribution in [0.1, 0.15) is 12.5 Å². The molecule has 20 heavy (non-hydrogen) atoms. The Labute approximate surface area is 114 Å². The summed E-state index contributed by atoms with van der Waals surface area (Å²) in [6.07, 6.45) is 0. The molecule has 2 aromatic rings. The van der Waals surface area contributed by atoms with Crippen LogP contribution in [-0.4, -0.2) is 10.6 Å². The van der Waals surface area contributed by atoms with Crippen molar-refractivity contribution >= 4 is 17.1 Å². The maximum Gasteiger partial charge on any atom is 0.294 e. The van der Waals surface area contributed by atoms with Crippen LogP contribution in [0.25, 0.3) is 0 Å². The van der Waals surface area contributed by atoms with Crippen molar-refractivity contribution in [2.75, 3.05) is 5.43 Å². The summed E-state index contributed by atoms with van der Waals surface area (Å²) < 4.78 is 12.8. The fourth-order valence-electron chi connectivity index (χ4n) is 1.63. The molecule has 0 aliphatic heterocycles. The second-order valence-electron chi connectivity index (χ2n) is 4.09. The van der Waals surface area contributed by atoms with Gasteiger partial charge >= 0.3 is 0 Å². The highest BCUT2D eigenvalue weighted by Gasteiger charge is 2.11. The van der Waals surface area contributed by atoms with Crippen LogP contribution in [0.2, 0.25) is 0 Å². The molecule has 0 saturated heterocycles. The first-order valence-electron chi connectivity index (χ1n) is 5.87. The van der Waals surface area contributed by atoms with E-state index in [1.54, 1.807) is 37.3 Å². The lowest BCUT2D eigenvalue weighted by molar-refractivity contribution is -0.384. The number of halogens is 1. The first-order chi connectivity index (χ1) is 9.58. The minimum atomic E-state index is -0.481. The van der Waals surface area contributed by atoms with Gasteiger partial charge in [-0.3, -0.25) is 15.5 Å². The summed E-state index contributed by atoms with van der Waals surface area (Å²) in [5.41, 5.74) is 4.25. The van der Waals surface area contributed by atoms with Crippen LogP contribution < -0.4 is 5.43 Å². The summed E-state index contributed by atoms with van der Waals surface area (Å²) >= 11 is 0. The topological polar surface area (TPSA) is 67.5 Å². The highest BCUT2D eigenvalue weighted by molar-refractivity contribution is 5.99. The molecule has 0 atom stereocenters. The van der Waals surface area contributed by atoms with Gasteiger partial charge in [-0.2, -0.15) is 5.10 Å². The molecule has 0 heterocycles. The van der Waals surface area contributed by atoms with Crippen molar-refractivity contribution in [2.24, 2.45) is 5.10 Å². The lowest BCUT2D eigenvalue weighted by atomic mass is 10.1. The Morgan fingerprint density at radius 1 is 1.20 bits per heavy atom. The van der Waals surface area contributed by atoms with Gasteiger partial charge in [0.25, 0.3) is 5.69 Å². The third kappa shape index (κ3) is 3.17. The van der Waals surface area contributed by atoms with Crippen molar-refractivity contribution in [1.82, 2.24) is 0 Å². The lowest BCUT2D eigenvalue weighted by Crippen LogP contribution is -2.01. The molecule has 0 bridgehead atoms. The van der Waals surface area contributed by atoms with Crippen molar-refractivity contribution < 1.29 is 9.31 Å². The predicted octanol–water partition coefficient (Wildman–Crippen LogP) is 3.57. The van der Waals surface area contributed by atoms with E-state index < -0.39 is 4.92 Å². The number of nitro groups is 1. The molecule has 5 nitrogen and oxygen atoms in total. The van der Waals surface area contributed by atoms with Crippen LogP contribution in [0.4, 0.5) is 15.8 Å². The van der Waals surface area contributed by atoms with Crippen molar-refractivity contribution in [2.45, 2.75) is 6.92 Å². The van der Waals surface area contributed by atoms with E-state index in [0.717, 1.165) is 5.56 Å². The van der Waals surface area contributed by atoms with Gasteiger partial charge in [-0.25, -0.2) is 4.39 Å². The monoisotopic (exact) mass is 273 g/mol. The van der Waals surface area contributed by atoms with Crippen LogP contribution in [0.5, 0.6) is 0 Å². The van der Waals surface area contributed by atoms with Crippen LogP contribution in [0.15, 0.2) is 53.6 Å². The van der Waals surface area contributed by atoms with Crippen LogP contribution in [-0.2, 0) is 0 Å². The van der Waals surface area contributed by atoms with Gasteiger partial charge < -0.3 is 0 Å². The molecule has 6 heteroatoms. The largest absolute Gasteiger partial charge is 0.294 e. The molecular weight excluding hydrogens is 261 g/mol. The smallest absolute Gasteiger partial charge is 0.271 e. The van der Waals surface area contributed by atoms with Gasteiger partial charge in [-0.1, -0.05) is 24.3 Å². The Kier molecular flexibility index (Phi) is 4.05. The van der Waals surface area contributed by atoms with Crippen molar-refractivity contribution in [3.05, 3.63) is 70.0 Å². The average molecular weight is 273 g/mol. The van der Waals surface area contributed by atoms with E-state index in [0.29, 0.717) is 11.4 Å². The summed E-state index contributed by atoms with van der Waals surface area (Å²) in [5.74, 6) is -0.326. The number of nitrogens with zero attached hydrogens (tertiary/aromatic N) is 2. The number of para-hydroxylation sites is 2. The van der Waals surface area contributed by atoms with Crippen LogP contribution >= 0.6 is 0 Å². The quantitative estimate of drug-likeness (QED) is 0.526. The summed E-state index contributed by atoms with van der Waals surface area (Å²) in [5, 5.41) is 14.9. The maximum atomic E-state index is 12.8. The maximum absolute atomic E-state index is 12.8. The summed E-state index contributed by atoms with van der Waals surface area (Å²) in [6.45, 7) is 1.73. The zero-order valence-electron chi connectivity index (χ0n) is 10.7. The Morgan fingerprint density at radius 3 is 2.50 bits per heavy atom. The Morgan fingerprint density at radius 2 is 1.85 bits per heavy atom. The second kappa shape index (κ2) is 5.92. The SMILES string of the molecule is C/C(=N/Nc1ccccc1[N+](=O)[O-])c1ccc(F)cc1. The number of nitrogens with one attached hydrogen (secondary N) is 1. The summed E-state index contributed by atoms with van der Waals surface area (Å²) in [4.78, 5) is 10.4. The van der Waals surface area contributed by atoms with Gasteiger partial charge in [0.05, 0.1) is 10.6 Å². The average Bonchev–Trinajstić information content (AvgIpc) is 2.45. The van der Waals surface area contributed by atoms with Gasteiger partial charge in [-0.15, -0.1) is 0 Å². The summed E-state index contributed by atoms with van der Waals surface area (Å²) in [6, 6.07) is 12.1. The molecule has 0 aliphatic carbocycles. The van der Waals surface area contributed by atoms with Crippen molar-refractivity contribution in [1.29, 1.82) is 0 Å². The molecule has 0 spiro atoms. The molecule has 0 amide bonds. The van der Waals surface area contributed by atoms with Crippen LogP contribution in [0.3, 0.4) is 0 Å². The highest BCUT2D eigenvalue weighted by Crippen LogP contribution is 2.23. The number of hydrogen-bond donors (Lipinski definition) is 1. The molecule has 0 saturated carbocycles. The predicted molar refractivity (Wildman–Crippen MR) is 75.3 cm³/mol. The van der Waals surface area contributed by atoms with E-state index in [-0.39, 0.29) is 11.5 Å². The number of hydrogen-bond acceptors (Lipinski definition) is 4. The Balaban J connectivity index is 2.21. The van der Waals surface area contributed by atoms with Gasteiger partial charge in [-0.05, 0) is 30.7 Å². The minimum Gasteiger partial charge on any atom is -0.271 e. The zero-order chi connectivity index (χ0) is 14.5. The Bertz CT molecular complexity index is 654. The lowest BCUT2D eigenvalue weighted by Gasteiger charge is -2.04. The fourth-order valence-corrected chi connectivity index (χ4v) is 1.63. The van der Waals surface area contributed by atoms with Gasteiger partial charge in [0, 0.05) is 6.07 Å². The number of nitro benzene ring substituents is 1. The van der Waals surface area contributed by atoms with Gasteiger partial charge in [0.1, 0.15) is 11.5 Å². The summed E-state index contributed by atoms with van der Waals surface area (Å²) in [7, 11) is 0. The molecule has 2 rings (SSSR count). The van der Waals surface area contributed by atoms with E-state index in [1.807, 2.05) is 0 Å². The number of rotatable bonds is 4. The van der Waals surface area contributed by atoms with E-state index in [9.17, 15) is 14.5 Å². The molecule has 0 aliphatic rings. The number of hydrazone groups is 1. The second-order valence-corrected chi connectivity index (χ2v) is 4.09. The van der Waals surface area contributed by atoms with Crippen LogP contribution in [0, 0.1) is 15.9 Å². The van der Waals surface area contributed by atoms with Gasteiger partial charge in [0.2, 0.25) is 0 Å². The number of anilines is 1. The standard InChI is InChI=1S/C14H12FN3O2/c1-10(11-6-8-12(15)9-7-11)16-17-13-4-2-3-5-14(13)18(19)20/h2-9,17H,1H3/b16-10-. The van der Waals surface area contributed by atoms with E-state index in [2.05, 4.69) is 10.5 Å². The number of benzene rings is 2. The molecule has 1 N–H and O–H groups in total. The normalized spacial score (nSPS) is 11.2. The molecule has 102 valence electrons. The third-order valence-corrected chi connectivity index (χ3v) is 2.71. The highest BCUT2D eigenvalue weighted by atomic mass is 19.1. The molecule has 0 radical (unpaired) electrons. The minimum absolute atomic E-state index is 0.0526. The molecule has 2 aromatic carbocycles. The van der Waals surface area contributed by atoms with E-state index in [4.69, 9.17) is 0 Å². The Hall–Kier alpha value is -2.76. The molecule has 0 unspecified atom stereocenters. The first kappa shape index (κ1) is 13.7. The molecular formula is C14H12FN3O2. The zero-order valence-corrected chi connectivity index (χ0v) is 10.7.